The standard InChI is InChI=1S/C24H24F3N6O4PS.C13H19FO/c1-3-4-15(34)12-39-13(2)29-23(36)30-17-7-5-14(9-20(17)38)19-10-21(33-32-19)31-22(35)18-8-6-16(11-28-18)37-24(25,26)27;1-10-5-6-12(11(2)7-10)8-15-9-13(3,4)14/h5-11H,3-4,12,38H2,1-2H3,(H,30,36)(H2,31,32,33,35);5-7H,8-9H2,1-4H3/b29-13-;. The van der Waals surface area contributed by atoms with Gasteiger partial charge in [-0.15, -0.1) is 34.2 Å². The third-order valence-electron chi connectivity index (χ3n) is 7.06. The summed E-state index contributed by atoms with van der Waals surface area (Å²) in [6.07, 6.45) is -2.80. The number of aryl methyl sites for hydroxylation is 2. The molecule has 3 amide bonds. The zero-order valence-electron chi connectivity index (χ0n) is 30.7. The van der Waals surface area contributed by atoms with Gasteiger partial charge in [0.05, 0.1) is 35.9 Å². The van der Waals surface area contributed by atoms with Crippen LogP contribution in [0.5, 0.6) is 5.75 Å². The Labute approximate surface area is 317 Å². The maximum absolute atomic E-state index is 13.1. The number of benzene rings is 2. The molecule has 0 fully saturated rings. The number of pyridine rings is 1. The number of carbonyl (C=O) groups excluding carboxylic acids is 3. The Kier molecular flexibility index (Phi) is 16.3. The molecule has 0 radical (unpaired) electrons. The van der Waals surface area contributed by atoms with Crippen molar-refractivity contribution in [2.24, 2.45) is 4.99 Å². The molecule has 0 spiro atoms. The van der Waals surface area contributed by atoms with Crippen LogP contribution in [0.3, 0.4) is 0 Å². The monoisotopic (exact) mass is 790 g/mol. The summed E-state index contributed by atoms with van der Waals surface area (Å²) >= 11 is 1.22. The van der Waals surface area contributed by atoms with Crippen LogP contribution < -0.4 is 20.7 Å². The van der Waals surface area contributed by atoms with E-state index in [0.29, 0.717) is 40.3 Å². The van der Waals surface area contributed by atoms with Gasteiger partial charge >= 0.3 is 12.4 Å². The molecule has 3 N–H and O–H groups in total. The molecule has 2 heterocycles. The normalized spacial score (nSPS) is 11.7. The van der Waals surface area contributed by atoms with Crippen LogP contribution in [-0.4, -0.2) is 62.3 Å². The summed E-state index contributed by atoms with van der Waals surface area (Å²) in [6.45, 7) is 11.4. The number of aromatic nitrogens is 3. The van der Waals surface area contributed by atoms with Gasteiger partial charge in [0.2, 0.25) is 0 Å². The van der Waals surface area contributed by atoms with Crippen molar-refractivity contribution in [1.29, 1.82) is 0 Å². The number of anilines is 2. The van der Waals surface area contributed by atoms with Gasteiger partial charge in [0.25, 0.3) is 5.91 Å². The lowest BCUT2D eigenvalue weighted by Gasteiger charge is -2.15. The second kappa shape index (κ2) is 20.1. The first-order valence-electron chi connectivity index (χ1n) is 16.6. The van der Waals surface area contributed by atoms with Gasteiger partial charge in [0.1, 0.15) is 22.9 Å². The molecule has 4 rings (SSSR count). The minimum Gasteiger partial charge on any atom is -0.404 e. The van der Waals surface area contributed by atoms with Gasteiger partial charge in [-0.05, 0) is 81.7 Å². The molecule has 4 aromatic rings. The number of carbonyl (C=O) groups is 3. The second-order valence-corrected chi connectivity index (χ2v) is 14.4. The van der Waals surface area contributed by atoms with E-state index in [9.17, 15) is 31.9 Å². The van der Waals surface area contributed by atoms with E-state index in [4.69, 9.17) is 4.74 Å². The fraction of sp³-hybridized carbons (Fsp3) is 0.351. The highest BCUT2D eigenvalue weighted by Crippen LogP contribution is 2.24. The Balaban J connectivity index is 0.000000437. The van der Waals surface area contributed by atoms with Gasteiger partial charge in [-0.3, -0.25) is 14.7 Å². The average molecular weight is 791 g/mol. The van der Waals surface area contributed by atoms with Crippen molar-refractivity contribution < 1.29 is 41.4 Å². The molecule has 0 bridgehead atoms. The smallest absolute Gasteiger partial charge is 0.404 e. The van der Waals surface area contributed by atoms with Crippen LogP contribution in [-0.2, 0) is 16.1 Å². The molecule has 0 aliphatic rings. The highest BCUT2D eigenvalue weighted by molar-refractivity contribution is 8.14. The molecule has 1 atom stereocenters. The van der Waals surface area contributed by atoms with E-state index in [0.717, 1.165) is 30.3 Å². The van der Waals surface area contributed by atoms with Crippen LogP contribution in [0, 0.1) is 13.8 Å². The van der Waals surface area contributed by atoms with Gasteiger partial charge in [-0.25, -0.2) is 14.2 Å². The van der Waals surface area contributed by atoms with E-state index in [1.165, 1.54) is 36.7 Å². The molecule has 54 heavy (non-hydrogen) atoms. The molecule has 0 aliphatic carbocycles. The minimum absolute atomic E-state index is 0.104. The van der Waals surface area contributed by atoms with Crippen molar-refractivity contribution in [3.8, 4) is 17.0 Å². The van der Waals surface area contributed by atoms with Gasteiger partial charge in [-0.2, -0.15) is 10.1 Å². The third-order valence-corrected chi connectivity index (χ3v) is 8.51. The van der Waals surface area contributed by atoms with Crippen molar-refractivity contribution in [2.45, 2.75) is 73.0 Å². The predicted molar refractivity (Wildman–Crippen MR) is 208 cm³/mol. The number of aliphatic imine (C=N–C) groups is 1. The van der Waals surface area contributed by atoms with Crippen LogP contribution in [0.15, 0.2) is 65.8 Å². The summed E-state index contributed by atoms with van der Waals surface area (Å²) in [5.41, 5.74) is 3.94. The first-order chi connectivity index (χ1) is 25.3. The van der Waals surface area contributed by atoms with Crippen LogP contribution in [0.2, 0.25) is 0 Å². The van der Waals surface area contributed by atoms with E-state index in [-0.39, 0.29) is 29.7 Å². The number of halogens is 4. The Hall–Kier alpha value is -4.66. The molecule has 2 aromatic carbocycles. The van der Waals surface area contributed by atoms with Crippen molar-refractivity contribution >= 4 is 60.6 Å². The number of amides is 3. The topological polar surface area (TPSA) is 148 Å². The fourth-order valence-corrected chi connectivity index (χ4v) is 5.54. The number of hydrogen-bond acceptors (Lipinski definition) is 8. The summed E-state index contributed by atoms with van der Waals surface area (Å²) in [5.74, 6) is -0.692. The van der Waals surface area contributed by atoms with Crippen LogP contribution >= 0.6 is 21.0 Å². The lowest BCUT2D eigenvalue weighted by molar-refractivity contribution is -0.274. The summed E-state index contributed by atoms with van der Waals surface area (Å²) in [4.78, 5) is 43.9. The number of urea groups is 1. The van der Waals surface area contributed by atoms with Crippen LogP contribution in [0.4, 0.5) is 33.9 Å². The number of nitrogens with zero attached hydrogens (tertiary/aromatic N) is 3. The summed E-state index contributed by atoms with van der Waals surface area (Å²) in [7, 11) is 2.51. The number of alkyl halides is 4. The highest BCUT2D eigenvalue weighted by atomic mass is 32.2. The predicted octanol–water partition coefficient (Wildman–Crippen LogP) is 8.74. The molecule has 2 aromatic heterocycles. The number of thioether (sulfide) groups is 1. The number of hydrogen-bond donors (Lipinski definition) is 3. The number of rotatable bonds is 13. The average Bonchev–Trinajstić information content (AvgIpc) is 3.53. The maximum Gasteiger partial charge on any atom is 0.573 e. The van der Waals surface area contributed by atoms with Crippen LogP contribution in [0.1, 0.15) is 67.7 Å². The van der Waals surface area contributed by atoms with E-state index in [2.05, 4.69) is 57.8 Å². The Morgan fingerprint density at radius 3 is 2.35 bits per heavy atom. The van der Waals surface area contributed by atoms with Gasteiger partial charge in [0, 0.05) is 23.7 Å². The van der Waals surface area contributed by atoms with Gasteiger partial charge < -0.3 is 20.1 Å². The fourth-order valence-electron chi connectivity index (χ4n) is 4.53. The molecule has 11 nitrogen and oxygen atoms in total. The maximum atomic E-state index is 13.1. The first-order valence-corrected chi connectivity index (χ1v) is 18.2. The quantitative estimate of drug-likeness (QED) is 0.0527. The van der Waals surface area contributed by atoms with Crippen molar-refractivity contribution in [2.75, 3.05) is 23.0 Å². The van der Waals surface area contributed by atoms with E-state index in [1.807, 2.05) is 26.0 Å². The first kappa shape index (κ1) is 43.7. The minimum atomic E-state index is -4.86. The van der Waals surface area contributed by atoms with Crippen molar-refractivity contribution in [3.63, 3.8) is 0 Å². The molecule has 0 saturated carbocycles. The SMILES string of the molecule is CCCC(=O)CS/C(C)=N\C(=O)Nc1ccc(-c2cc(NC(=O)c3ccc(OC(F)(F)F)cn3)n[nH]2)cc1P.Cc1ccc(COCC(C)(C)F)c(C)c1. The number of ether oxygens (including phenoxy) is 2. The zero-order valence-corrected chi connectivity index (χ0v) is 32.7. The van der Waals surface area contributed by atoms with Crippen LogP contribution in [0.25, 0.3) is 11.3 Å². The molecule has 1 unspecified atom stereocenters. The third kappa shape index (κ3) is 15.7. The van der Waals surface area contributed by atoms with E-state index >= 15 is 0 Å². The molecule has 290 valence electrons. The number of H-pyrrole nitrogens is 1. The number of nitrogens with one attached hydrogen (secondary N) is 3. The summed E-state index contributed by atoms with van der Waals surface area (Å²) in [5, 5.41) is 13.1. The molecular formula is C37H43F4N6O5PS. The van der Waals surface area contributed by atoms with Crippen molar-refractivity contribution in [1.82, 2.24) is 15.2 Å². The number of aromatic amines is 1. The second-order valence-electron chi connectivity index (χ2n) is 12.6. The number of Topliss-reactive ketones (excluding diaryl/α,β-unsaturated/α-hetero) is 1. The largest absolute Gasteiger partial charge is 0.573 e. The molecular weight excluding hydrogens is 747 g/mol. The Morgan fingerprint density at radius 2 is 1.74 bits per heavy atom. The Morgan fingerprint density at radius 1 is 1.00 bits per heavy atom. The number of ketones is 1. The van der Waals surface area contributed by atoms with Gasteiger partial charge in [-0.1, -0.05) is 36.8 Å². The summed E-state index contributed by atoms with van der Waals surface area (Å²) in [6, 6.07) is 14.4. The van der Waals surface area contributed by atoms with E-state index in [1.54, 1.807) is 31.2 Å². The zero-order chi connectivity index (χ0) is 40.1. The van der Waals surface area contributed by atoms with Gasteiger partial charge in [0.15, 0.2) is 5.82 Å². The lowest BCUT2D eigenvalue weighted by Crippen LogP contribution is -2.20. The Bertz CT molecular complexity index is 1930. The molecule has 17 heteroatoms. The van der Waals surface area contributed by atoms with E-state index < -0.39 is 29.7 Å². The highest BCUT2D eigenvalue weighted by Gasteiger charge is 2.31. The molecule has 0 saturated heterocycles. The van der Waals surface area contributed by atoms with Crippen molar-refractivity contribution in [3.05, 3.63) is 83.2 Å². The lowest BCUT2D eigenvalue weighted by atomic mass is 10.1. The molecule has 0 aliphatic heterocycles. The summed E-state index contributed by atoms with van der Waals surface area (Å²) < 4.78 is 59.0.